The molecule has 0 amide bonds. The van der Waals surface area contributed by atoms with Crippen LogP contribution in [0.3, 0.4) is 0 Å². The molecule has 1 atom stereocenters. The van der Waals surface area contributed by atoms with Crippen LogP contribution in [0.5, 0.6) is 0 Å². The molecule has 2 aliphatic rings. The summed E-state index contributed by atoms with van der Waals surface area (Å²) in [6.07, 6.45) is 13.1. The van der Waals surface area contributed by atoms with Crippen molar-refractivity contribution < 1.29 is 0 Å². The normalized spacial score (nSPS) is 16.9. The van der Waals surface area contributed by atoms with Crippen molar-refractivity contribution in [2.45, 2.75) is 92.0 Å². The molecule has 9 rings (SSSR count). The zero-order valence-corrected chi connectivity index (χ0v) is 33.1. The standard InChI is InChI=1S/C51H53N3/c1-34-30-35(50(2,3)4)22-26-45(34)52(37-16-10-8-11-17-37)39-24-28-48-43(32-39)44-33-40(25-29-49(44)53(48)38-18-12-9-13-19-38)54-46-21-15-14-20-41(46)42-31-36(51(5,6)7)23-27-47(42)54/h9-10,12-16,18-21,23-25,27-33,37H,8,11,17,22,26H2,1-7H3. The highest BCUT2D eigenvalue weighted by molar-refractivity contribution is 6.13. The summed E-state index contributed by atoms with van der Waals surface area (Å²) in [6, 6.07) is 41.5. The van der Waals surface area contributed by atoms with E-state index in [2.05, 4.69) is 190 Å². The molecule has 3 nitrogen and oxygen atoms in total. The Balaban J connectivity index is 1.29. The topological polar surface area (TPSA) is 13.1 Å². The Labute approximate surface area is 320 Å². The molecule has 0 saturated carbocycles. The molecule has 0 radical (unpaired) electrons. The molecule has 272 valence electrons. The van der Waals surface area contributed by atoms with Gasteiger partial charge in [-0.25, -0.2) is 0 Å². The van der Waals surface area contributed by atoms with Gasteiger partial charge in [0.1, 0.15) is 0 Å². The molecule has 0 fully saturated rings. The van der Waals surface area contributed by atoms with Crippen LogP contribution >= 0.6 is 0 Å². The number of hydrogen-bond acceptors (Lipinski definition) is 1. The molecule has 2 heterocycles. The quantitative estimate of drug-likeness (QED) is 0.162. The first-order valence-electron chi connectivity index (χ1n) is 20.0. The zero-order chi connectivity index (χ0) is 37.4. The van der Waals surface area contributed by atoms with E-state index < -0.39 is 0 Å². The van der Waals surface area contributed by atoms with Crippen LogP contribution < -0.4 is 4.90 Å². The molecule has 0 aliphatic heterocycles. The second kappa shape index (κ2) is 12.9. The van der Waals surface area contributed by atoms with Crippen LogP contribution in [-0.2, 0) is 5.41 Å². The summed E-state index contributed by atoms with van der Waals surface area (Å²) in [4.78, 5) is 2.69. The minimum atomic E-state index is 0.0754. The average Bonchev–Trinajstić information content (AvgIpc) is 3.67. The summed E-state index contributed by atoms with van der Waals surface area (Å²) in [5.74, 6) is 0. The second-order valence-electron chi connectivity index (χ2n) is 17.8. The van der Waals surface area contributed by atoms with Gasteiger partial charge >= 0.3 is 0 Å². The molecule has 0 bridgehead atoms. The Morgan fingerprint density at radius 2 is 1.24 bits per heavy atom. The molecule has 0 N–H and O–H groups in total. The van der Waals surface area contributed by atoms with Crippen molar-refractivity contribution in [1.82, 2.24) is 9.13 Å². The Hall–Kier alpha value is -5.28. The van der Waals surface area contributed by atoms with Gasteiger partial charge in [0.25, 0.3) is 0 Å². The van der Waals surface area contributed by atoms with Crippen molar-refractivity contribution in [3.05, 3.63) is 150 Å². The molecule has 1 unspecified atom stereocenters. The maximum atomic E-state index is 2.69. The van der Waals surface area contributed by atoms with E-state index in [0.29, 0.717) is 6.04 Å². The summed E-state index contributed by atoms with van der Waals surface area (Å²) in [5.41, 5.74) is 14.6. The molecule has 0 spiro atoms. The fraction of sp³-hybridized carbons (Fsp3) is 0.294. The number of benzene rings is 5. The highest BCUT2D eigenvalue weighted by Crippen LogP contribution is 2.43. The zero-order valence-electron chi connectivity index (χ0n) is 33.1. The van der Waals surface area contributed by atoms with Crippen molar-refractivity contribution in [2.24, 2.45) is 5.41 Å². The van der Waals surface area contributed by atoms with Crippen molar-refractivity contribution >= 4 is 49.3 Å². The van der Waals surface area contributed by atoms with Gasteiger partial charge in [0.2, 0.25) is 0 Å². The number of rotatable bonds is 5. The number of fused-ring (bicyclic) bond motifs is 6. The molecule has 0 saturated heterocycles. The third-order valence-corrected chi connectivity index (χ3v) is 12.1. The third kappa shape index (κ3) is 5.80. The first-order chi connectivity index (χ1) is 26.0. The van der Waals surface area contributed by atoms with Gasteiger partial charge in [0.05, 0.1) is 28.1 Å². The lowest BCUT2D eigenvalue weighted by molar-refractivity contribution is 0.475. The van der Waals surface area contributed by atoms with E-state index in [9.17, 15) is 0 Å². The SMILES string of the molecule is CC1=C(N(c2ccc3c(c2)c2cc(-n4c5ccccc5c5cc(C(C)(C)C)ccc54)ccc2n3-c2ccccc2)C2C=CCCC2)CCC(C(C)(C)C)=C1. The molecule has 2 aliphatic carbocycles. The number of anilines is 1. The minimum Gasteiger partial charge on any atom is -0.338 e. The highest BCUT2D eigenvalue weighted by atomic mass is 15.2. The first kappa shape index (κ1) is 34.5. The van der Waals surface area contributed by atoms with E-state index >= 15 is 0 Å². The number of aromatic nitrogens is 2. The van der Waals surface area contributed by atoms with Crippen LogP contribution in [0.4, 0.5) is 5.69 Å². The van der Waals surface area contributed by atoms with Crippen molar-refractivity contribution in [3.8, 4) is 11.4 Å². The Morgan fingerprint density at radius 1 is 0.593 bits per heavy atom. The van der Waals surface area contributed by atoms with Crippen LogP contribution in [0.25, 0.3) is 55.0 Å². The average molecular weight is 708 g/mol. The van der Waals surface area contributed by atoms with Crippen LogP contribution in [0, 0.1) is 5.41 Å². The molecule has 7 aromatic rings. The van der Waals surface area contributed by atoms with Crippen LogP contribution in [0.1, 0.15) is 86.1 Å². The van der Waals surface area contributed by atoms with Crippen molar-refractivity contribution in [1.29, 1.82) is 0 Å². The lowest BCUT2D eigenvalue weighted by Gasteiger charge is -2.39. The number of nitrogens with zero attached hydrogens (tertiary/aromatic N) is 3. The fourth-order valence-electron chi connectivity index (χ4n) is 9.19. The lowest BCUT2D eigenvalue weighted by atomic mass is 9.79. The summed E-state index contributed by atoms with van der Waals surface area (Å²) in [7, 11) is 0. The summed E-state index contributed by atoms with van der Waals surface area (Å²) in [5, 5.41) is 5.16. The van der Waals surface area contributed by atoms with Crippen molar-refractivity contribution in [3.63, 3.8) is 0 Å². The van der Waals surface area contributed by atoms with E-state index in [-0.39, 0.29) is 10.8 Å². The third-order valence-electron chi connectivity index (χ3n) is 12.1. The number of para-hydroxylation sites is 2. The summed E-state index contributed by atoms with van der Waals surface area (Å²) >= 11 is 0. The summed E-state index contributed by atoms with van der Waals surface area (Å²) < 4.78 is 4.93. The Kier molecular flexibility index (Phi) is 8.26. The molecule has 3 heteroatoms. The lowest BCUT2D eigenvalue weighted by Crippen LogP contribution is -2.35. The second-order valence-corrected chi connectivity index (χ2v) is 17.8. The van der Waals surface area contributed by atoms with Crippen LogP contribution in [0.15, 0.2) is 144 Å². The predicted molar refractivity (Wildman–Crippen MR) is 233 cm³/mol. The van der Waals surface area contributed by atoms with Gasteiger partial charge in [-0.15, -0.1) is 0 Å². The maximum absolute atomic E-state index is 2.69. The largest absolute Gasteiger partial charge is 0.338 e. The number of hydrogen-bond donors (Lipinski definition) is 0. The predicted octanol–water partition coefficient (Wildman–Crippen LogP) is 14.1. The number of allylic oxidation sites excluding steroid dienone is 5. The maximum Gasteiger partial charge on any atom is 0.0542 e. The molecular weight excluding hydrogens is 655 g/mol. The van der Waals surface area contributed by atoms with Gasteiger partial charge < -0.3 is 14.0 Å². The van der Waals surface area contributed by atoms with Gasteiger partial charge in [-0.2, -0.15) is 0 Å². The van der Waals surface area contributed by atoms with E-state index in [1.54, 1.807) is 5.57 Å². The van der Waals surface area contributed by atoms with E-state index in [0.717, 1.165) is 12.8 Å². The van der Waals surface area contributed by atoms with Gasteiger partial charge in [0.15, 0.2) is 0 Å². The van der Waals surface area contributed by atoms with Crippen LogP contribution in [0.2, 0.25) is 0 Å². The molecule has 2 aromatic heterocycles. The molecule has 5 aromatic carbocycles. The smallest absolute Gasteiger partial charge is 0.0542 e. The Bertz CT molecular complexity index is 2660. The van der Waals surface area contributed by atoms with E-state index in [1.807, 2.05) is 0 Å². The van der Waals surface area contributed by atoms with Crippen LogP contribution in [-0.4, -0.2) is 15.2 Å². The molecule has 54 heavy (non-hydrogen) atoms. The van der Waals surface area contributed by atoms with Gasteiger partial charge in [-0.05, 0) is 128 Å². The first-order valence-corrected chi connectivity index (χ1v) is 20.0. The van der Waals surface area contributed by atoms with Gasteiger partial charge in [0, 0.05) is 44.3 Å². The monoisotopic (exact) mass is 707 g/mol. The van der Waals surface area contributed by atoms with Gasteiger partial charge in [-0.3, -0.25) is 0 Å². The molecular formula is C51H53N3. The highest BCUT2D eigenvalue weighted by Gasteiger charge is 2.29. The Morgan fingerprint density at radius 3 is 1.94 bits per heavy atom. The van der Waals surface area contributed by atoms with E-state index in [1.165, 1.54) is 96.8 Å². The minimum absolute atomic E-state index is 0.0754. The van der Waals surface area contributed by atoms with Gasteiger partial charge in [-0.1, -0.05) is 108 Å². The summed E-state index contributed by atoms with van der Waals surface area (Å²) in [6.45, 7) is 16.3. The van der Waals surface area contributed by atoms with Crippen molar-refractivity contribution in [2.75, 3.05) is 4.90 Å². The fourth-order valence-corrected chi connectivity index (χ4v) is 9.19. The van der Waals surface area contributed by atoms with E-state index in [4.69, 9.17) is 0 Å².